The second-order valence-corrected chi connectivity index (χ2v) is 5.45. The van der Waals surface area contributed by atoms with E-state index in [1.54, 1.807) is 11.0 Å². The average Bonchev–Trinajstić information content (AvgIpc) is 2.34. The van der Waals surface area contributed by atoms with Crippen LogP contribution in [0.4, 0.5) is 15.8 Å². The molecule has 0 radical (unpaired) electrons. The second kappa shape index (κ2) is 5.90. The third-order valence-electron chi connectivity index (χ3n) is 2.90. The summed E-state index contributed by atoms with van der Waals surface area (Å²) in [5.74, 6) is -2.32. The molecule has 21 heavy (non-hydrogen) atoms. The monoisotopic (exact) mass is 296 g/mol. The molecule has 0 heterocycles. The van der Waals surface area contributed by atoms with Crippen molar-refractivity contribution in [2.75, 3.05) is 11.4 Å². The molecule has 114 valence electrons. The van der Waals surface area contributed by atoms with Crippen molar-refractivity contribution in [2.24, 2.45) is 0 Å². The average molecular weight is 296 g/mol. The zero-order valence-electron chi connectivity index (χ0n) is 12.1. The second-order valence-electron chi connectivity index (χ2n) is 5.45. The summed E-state index contributed by atoms with van der Waals surface area (Å²) in [6.45, 7) is 9.31. The molecule has 0 saturated carbocycles. The van der Waals surface area contributed by atoms with Crippen molar-refractivity contribution in [3.8, 4) is 0 Å². The summed E-state index contributed by atoms with van der Waals surface area (Å²) < 4.78 is 14.2. The number of benzene rings is 1. The van der Waals surface area contributed by atoms with Crippen LogP contribution in [0.2, 0.25) is 0 Å². The minimum atomic E-state index is -1.48. The number of carbonyl (C=O) groups is 1. The minimum absolute atomic E-state index is 0.00889. The van der Waals surface area contributed by atoms with Crippen LogP contribution in [0.5, 0.6) is 0 Å². The summed E-state index contributed by atoms with van der Waals surface area (Å²) in [5, 5.41) is 19.9. The first-order valence-corrected chi connectivity index (χ1v) is 6.19. The van der Waals surface area contributed by atoms with Gasteiger partial charge in [0.25, 0.3) is 5.69 Å². The predicted molar refractivity (Wildman–Crippen MR) is 77.3 cm³/mol. The van der Waals surface area contributed by atoms with Crippen LogP contribution >= 0.6 is 0 Å². The van der Waals surface area contributed by atoms with Crippen LogP contribution in [0.25, 0.3) is 0 Å². The van der Waals surface area contributed by atoms with Gasteiger partial charge in [-0.25, -0.2) is 9.18 Å². The number of hydrogen-bond donors (Lipinski definition) is 1. The molecule has 0 spiro atoms. The fourth-order valence-corrected chi connectivity index (χ4v) is 1.94. The Morgan fingerprint density at radius 2 is 2.10 bits per heavy atom. The number of anilines is 1. The Balaban J connectivity index is 3.56. The summed E-state index contributed by atoms with van der Waals surface area (Å²) in [7, 11) is 0. The number of nitro benzene ring substituents is 1. The van der Waals surface area contributed by atoms with E-state index >= 15 is 0 Å². The molecule has 0 aromatic heterocycles. The van der Waals surface area contributed by atoms with Gasteiger partial charge in [-0.1, -0.05) is 6.08 Å². The first-order chi connectivity index (χ1) is 9.59. The van der Waals surface area contributed by atoms with Crippen LogP contribution in [0.3, 0.4) is 0 Å². The molecule has 0 unspecified atom stereocenters. The van der Waals surface area contributed by atoms with Gasteiger partial charge in [0.15, 0.2) is 5.82 Å². The molecule has 1 aromatic rings. The third kappa shape index (κ3) is 3.56. The van der Waals surface area contributed by atoms with Crippen molar-refractivity contribution in [2.45, 2.75) is 26.3 Å². The van der Waals surface area contributed by atoms with Crippen molar-refractivity contribution >= 4 is 17.3 Å². The van der Waals surface area contributed by atoms with E-state index in [0.29, 0.717) is 6.07 Å². The number of nitrogens with zero attached hydrogens (tertiary/aromatic N) is 2. The standard InChI is InChI=1S/C14H17FN2O4/c1-5-6-16(14(2,3)4)12-7-9(13(18)19)11(17(20)21)8-10(12)15/h5,7-8H,1,6H2,2-4H3,(H,18,19). The molecule has 0 amide bonds. The van der Waals surface area contributed by atoms with E-state index in [4.69, 9.17) is 5.11 Å². The van der Waals surface area contributed by atoms with E-state index < -0.39 is 33.5 Å². The van der Waals surface area contributed by atoms with E-state index in [1.807, 2.05) is 20.8 Å². The first-order valence-electron chi connectivity index (χ1n) is 6.19. The van der Waals surface area contributed by atoms with E-state index in [2.05, 4.69) is 6.58 Å². The van der Waals surface area contributed by atoms with Crippen molar-refractivity contribution in [1.82, 2.24) is 0 Å². The Labute approximate surface area is 121 Å². The van der Waals surface area contributed by atoms with Crippen molar-refractivity contribution in [3.05, 3.63) is 46.3 Å². The summed E-state index contributed by atoms with van der Waals surface area (Å²) >= 11 is 0. The zero-order valence-corrected chi connectivity index (χ0v) is 12.1. The number of rotatable bonds is 5. The van der Waals surface area contributed by atoms with E-state index in [1.165, 1.54) is 0 Å². The molecule has 6 nitrogen and oxygen atoms in total. The molecule has 0 fully saturated rings. The smallest absolute Gasteiger partial charge is 0.342 e. The molecule has 0 aliphatic carbocycles. The largest absolute Gasteiger partial charge is 0.477 e. The molecule has 1 N–H and O–H groups in total. The van der Waals surface area contributed by atoms with Crippen LogP contribution in [0, 0.1) is 15.9 Å². The molecule has 1 rings (SSSR count). The zero-order chi connectivity index (χ0) is 16.4. The summed E-state index contributed by atoms with van der Waals surface area (Å²) in [6.07, 6.45) is 1.55. The van der Waals surface area contributed by atoms with E-state index in [9.17, 15) is 19.3 Å². The number of halogens is 1. The molecule has 0 bridgehead atoms. The van der Waals surface area contributed by atoms with Gasteiger partial charge >= 0.3 is 5.97 Å². The first kappa shape index (κ1) is 16.6. The highest BCUT2D eigenvalue weighted by Gasteiger charge is 2.29. The molecule has 1 aromatic carbocycles. The Morgan fingerprint density at radius 1 is 1.52 bits per heavy atom. The van der Waals surface area contributed by atoms with Crippen molar-refractivity contribution < 1.29 is 19.2 Å². The SMILES string of the molecule is C=CCN(c1cc(C(=O)O)c([N+](=O)[O-])cc1F)C(C)(C)C. The van der Waals surface area contributed by atoms with Gasteiger partial charge in [-0.2, -0.15) is 0 Å². The lowest BCUT2D eigenvalue weighted by molar-refractivity contribution is -0.385. The normalized spacial score (nSPS) is 11.0. The molecular weight excluding hydrogens is 279 g/mol. The van der Waals surface area contributed by atoms with Crippen LogP contribution in [0.1, 0.15) is 31.1 Å². The van der Waals surface area contributed by atoms with Gasteiger partial charge in [0.05, 0.1) is 16.7 Å². The fourth-order valence-electron chi connectivity index (χ4n) is 1.94. The van der Waals surface area contributed by atoms with Gasteiger partial charge in [0.2, 0.25) is 0 Å². The molecule has 0 saturated heterocycles. The highest BCUT2D eigenvalue weighted by Crippen LogP contribution is 2.32. The molecule has 0 aliphatic heterocycles. The van der Waals surface area contributed by atoms with Gasteiger partial charge in [0, 0.05) is 12.1 Å². The van der Waals surface area contributed by atoms with E-state index in [-0.39, 0.29) is 12.2 Å². The van der Waals surface area contributed by atoms with E-state index in [0.717, 1.165) is 6.07 Å². The molecular formula is C14H17FN2O4. The highest BCUT2D eigenvalue weighted by atomic mass is 19.1. The Bertz CT molecular complexity index is 593. The van der Waals surface area contributed by atoms with Gasteiger partial charge < -0.3 is 10.0 Å². The Kier molecular flexibility index (Phi) is 4.67. The van der Waals surface area contributed by atoms with Crippen LogP contribution in [-0.2, 0) is 0 Å². The van der Waals surface area contributed by atoms with Gasteiger partial charge in [-0.15, -0.1) is 6.58 Å². The summed E-state index contributed by atoms with van der Waals surface area (Å²) in [5.41, 5.74) is -1.84. The number of nitro groups is 1. The maximum absolute atomic E-state index is 14.2. The van der Waals surface area contributed by atoms with Crippen molar-refractivity contribution in [3.63, 3.8) is 0 Å². The van der Waals surface area contributed by atoms with Gasteiger partial charge in [-0.3, -0.25) is 10.1 Å². The van der Waals surface area contributed by atoms with Gasteiger partial charge in [-0.05, 0) is 26.8 Å². The lowest BCUT2D eigenvalue weighted by Gasteiger charge is -2.37. The Morgan fingerprint density at radius 3 is 2.48 bits per heavy atom. The molecule has 0 aliphatic rings. The van der Waals surface area contributed by atoms with Crippen molar-refractivity contribution in [1.29, 1.82) is 0 Å². The molecule has 7 heteroatoms. The maximum atomic E-state index is 14.2. The van der Waals surface area contributed by atoms with Crippen LogP contribution < -0.4 is 4.90 Å². The quantitative estimate of drug-likeness (QED) is 0.512. The minimum Gasteiger partial charge on any atom is -0.477 e. The highest BCUT2D eigenvalue weighted by molar-refractivity contribution is 5.93. The third-order valence-corrected chi connectivity index (χ3v) is 2.90. The number of hydrogen-bond acceptors (Lipinski definition) is 4. The predicted octanol–water partition coefficient (Wildman–Crippen LogP) is 3.22. The number of carboxylic acids is 1. The van der Waals surface area contributed by atoms with Crippen LogP contribution in [-0.4, -0.2) is 28.1 Å². The fraction of sp³-hybridized carbons (Fsp3) is 0.357. The summed E-state index contributed by atoms with van der Waals surface area (Å²) in [6, 6.07) is 1.63. The lowest BCUT2D eigenvalue weighted by atomic mass is 10.0. The maximum Gasteiger partial charge on any atom is 0.342 e. The number of carboxylic acid groups (broad SMARTS) is 1. The summed E-state index contributed by atoms with van der Waals surface area (Å²) in [4.78, 5) is 22.7. The number of aromatic carboxylic acids is 1. The Hall–Kier alpha value is -2.44. The lowest BCUT2D eigenvalue weighted by Crippen LogP contribution is -2.42. The molecule has 0 atom stereocenters. The topological polar surface area (TPSA) is 83.7 Å². The van der Waals surface area contributed by atoms with Crippen LogP contribution in [0.15, 0.2) is 24.8 Å². The van der Waals surface area contributed by atoms with Gasteiger partial charge in [0.1, 0.15) is 5.56 Å².